The molecule has 2 amide bonds. The van der Waals surface area contributed by atoms with Crippen LogP contribution in [0.15, 0.2) is 30.3 Å². The van der Waals surface area contributed by atoms with E-state index in [0.717, 1.165) is 24.2 Å². The van der Waals surface area contributed by atoms with Crippen LogP contribution in [-0.2, 0) is 9.59 Å². The summed E-state index contributed by atoms with van der Waals surface area (Å²) >= 11 is 0. The molecule has 0 radical (unpaired) electrons. The van der Waals surface area contributed by atoms with Gasteiger partial charge in [-0.1, -0.05) is 12.1 Å². The zero-order chi connectivity index (χ0) is 15.1. The highest BCUT2D eigenvalue weighted by Crippen LogP contribution is 2.18. The third kappa shape index (κ3) is 5.69. The van der Waals surface area contributed by atoms with Gasteiger partial charge >= 0.3 is 0 Å². The molecule has 0 unspecified atom stereocenters. The summed E-state index contributed by atoms with van der Waals surface area (Å²) in [6.07, 6.45) is 5.64. The summed E-state index contributed by atoms with van der Waals surface area (Å²) in [5.41, 5.74) is 0.914. The summed E-state index contributed by atoms with van der Waals surface area (Å²) in [5, 5.41) is 5.56. The van der Waals surface area contributed by atoms with Crippen LogP contribution in [0.4, 0.5) is 0 Å². The Morgan fingerprint density at radius 3 is 2.62 bits per heavy atom. The second kappa shape index (κ2) is 7.47. The van der Waals surface area contributed by atoms with Gasteiger partial charge in [0.25, 0.3) is 0 Å². The molecule has 2 N–H and O–H groups in total. The van der Waals surface area contributed by atoms with Crippen molar-refractivity contribution in [2.75, 3.05) is 13.7 Å². The Morgan fingerprint density at radius 1 is 1.29 bits per heavy atom. The van der Waals surface area contributed by atoms with Crippen LogP contribution < -0.4 is 15.4 Å². The Labute approximate surface area is 124 Å². The van der Waals surface area contributed by atoms with Gasteiger partial charge in [0.1, 0.15) is 5.75 Å². The van der Waals surface area contributed by atoms with Crippen molar-refractivity contribution in [3.63, 3.8) is 0 Å². The fourth-order valence-corrected chi connectivity index (χ4v) is 1.77. The lowest BCUT2D eigenvalue weighted by Crippen LogP contribution is -2.30. The predicted octanol–water partition coefficient (Wildman–Crippen LogP) is 1.49. The van der Waals surface area contributed by atoms with Crippen molar-refractivity contribution in [3.8, 4) is 5.75 Å². The largest absolute Gasteiger partial charge is 0.497 e. The van der Waals surface area contributed by atoms with Gasteiger partial charge < -0.3 is 15.4 Å². The Hall–Kier alpha value is -2.30. The van der Waals surface area contributed by atoms with Gasteiger partial charge in [0.2, 0.25) is 11.8 Å². The second-order valence-electron chi connectivity index (χ2n) is 4.99. The van der Waals surface area contributed by atoms with E-state index in [1.54, 1.807) is 13.2 Å². The van der Waals surface area contributed by atoms with Gasteiger partial charge in [-0.05, 0) is 36.6 Å². The molecule has 5 nitrogen and oxygen atoms in total. The molecule has 0 heterocycles. The van der Waals surface area contributed by atoms with Crippen molar-refractivity contribution in [2.24, 2.45) is 0 Å². The molecular formula is C16H20N2O3. The standard InChI is InChI=1S/C16H20N2O3/c1-21-14-7-2-12(3-8-14)4-9-15(19)17-11-10-16(20)18-13-5-6-13/h2-4,7-9,13H,5-6,10-11H2,1H3,(H,17,19)(H,18,20)/b9-4+. The average molecular weight is 288 g/mol. The van der Waals surface area contributed by atoms with Crippen molar-refractivity contribution in [1.29, 1.82) is 0 Å². The highest BCUT2D eigenvalue weighted by molar-refractivity contribution is 5.92. The number of hydrogen-bond donors (Lipinski definition) is 2. The van der Waals surface area contributed by atoms with E-state index in [9.17, 15) is 9.59 Å². The molecule has 0 atom stereocenters. The van der Waals surface area contributed by atoms with Crippen molar-refractivity contribution in [3.05, 3.63) is 35.9 Å². The van der Waals surface area contributed by atoms with E-state index in [2.05, 4.69) is 10.6 Å². The first-order valence-electron chi connectivity index (χ1n) is 7.06. The maximum atomic E-state index is 11.6. The van der Waals surface area contributed by atoms with E-state index in [-0.39, 0.29) is 11.8 Å². The lowest BCUT2D eigenvalue weighted by Gasteiger charge is -2.03. The molecule has 112 valence electrons. The first-order valence-corrected chi connectivity index (χ1v) is 7.06. The van der Waals surface area contributed by atoms with Gasteiger partial charge in [0.05, 0.1) is 7.11 Å². The molecule has 1 aromatic carbocycles. The molecule has 2 rings (SSSR count). The lowest BCUT2D eigenvalue weighted by molar-refractivity contribution is -0.121. The molecule has 0 aliphatic heterocycles. The third-order valence-electron chi connectivity index (χ3n) is 3.14. The smallest absolute Gasteiger partial charge is 0.244 e. The minimum absolute atomic E-state index is 0.00284. The van der Waals surface area contributed by atoms with E-state index in [1.807, 2.05) is 24.3 Å². The number of nitrogens with one attached hydrogen (secondary N) is 2. The summed E-state index contributed by atoms with van der Waals surface area (Å²) in [6, 6.07) is 7.76. The number of carbonyl (C=O) groups excluding carboxylic acids is 2. The van der Waals surface area contributed by atoms with Gasteiger partial charge in [0.15, 0.2) is 0 Å². The van der Waals surface area contributed by atoms with Crippen molar-refractivity contribution in [1.82, 2.24) is 10.6 Å². The van der Waals surface area contributed by atoms with Crippen LogP contribution in [0.5, 0.6) is 5.75 Å². The number of benzene rings is 1. The number of ether oxygens (including phenoxy) is 1. The van der Waals surface area contributed by atoms with Crippen molar-refractivity contribution >= 4 is 17.9 Å². The third-order valence-corrected chi connectivity index (χ3v) is 3.14. The van der Waals surface area contributed by atoms with Gasteiger partial charge in [-0.2, -0.15) is 0 Å². The van der Waals surface area contributed by atoms with Crippen LogP contribution in [0.2, 0.25) is 0 Å². The quantitative estimate of drug-likeness (QED) is 0.747. The molecular weight excluding hydrogens is 268 g/mol. The normalized spacial score (nSPS) is 14.0. The average Bonchev–Trinajstić information content (AvgIpc) is 3.29. The SMILES string of the molecule is COc1ccc(/C=C/C(=O)NCCC(=O)NC2CC2)cc1. The lowest BCUT2D eigenvalue weighted by atomic mass is 10.2. The summed E-state index contributed by atoms with van der Waals surface area (Å²) in [6.45, 7) is 0.352. The number of rotatable bonds is 7. The predicted molar refractivity (Wildman–Crippen MR) is 80.8 cm³/mol. The first-order chi connectivity index (χ1) is 10.2. The maximum Gasteiger partial charge on any atom is 0.244 e. The van der Waals surface area contributed by atoms with Gasteiger partial charge in [0, 0.05) is 25.1 Å². The van der Waals surface area contributed by atoms with E-state index in [1.165, 1.54) is 6.08 Å². The summed E-state index contributed by atoms with van der Waals surface area (Å²) in [7, 11) is 1.61. The van der Waals surface area contributed by atoms with Gasteiger partial charge in [-0.3, -0.25) is 9.59 Å². The fraction of sp³-hybridized carbons (Fsp3) is 0.375. The minimum atomic E-state index is -0.204. The molecule has 21 heavy (non-hydrogen) atoms. The highest BCUT2D eigenvalue weighted by Gasteiger charge is 2.22. The zero-order valence-electron chi connectivity index (χ0n) is 12.1. The second-order valence-corrected chi connectivity index (χ2v) is 4.99. The van der Waals surface area contributed by atoms with Crippen LogP contribution in [0.25, 0.3) is 6.08 Å². The Kier molecular flexibility index (Phi) is 5.37. The molecule has 1 aromatic rings. The van der Waals surface area contributed by atoms with Crippen LogP contribution in [0, 0.1) is 0 Å². The fourth-order valence-electron chi connectivity index (χ4n) is 1.77. The Morgan fingerprint density at radius 2 is 2.00 bits per heavy atom. The van der Waals surface area contributed by atoms with E-state index >= 15 is 0 Å². The molecule has 1 fully saturated rings. The molecule has 1 aliphatic carbocycles. The van der Waals surface area contributed by atoms with E-state index in [4.69, 9.17) is 4.74 Å². The zero-order valence-corrected chi connectivity index (χ0v) is 12.1. The van der Waals surface area contributed by atoms with Crippen LogP contribution in [0.3, 0.4) is 0 Å². The molecule has 0 bridgehead atoms. The first kappa shape index (κ1) is 15.1. The maximum absolute atomic E-state index is 11.6. The van der Waals surface area contributed by atoms with Crippen LogP contribution in [0.1, 0.15) is 24.8 Å². The summed E-state index contributed by atoms with van der Waals surface area (Å²) in [4.78, 5) is 23.0. The molecule has 5 heteroatoms. The molecule has 0 spiro atoms. The number of hydrogen-bond acceptors (Lipinski definition) is 3. The number of methoxy groups -OCH3 is 1. The molecule has 1 saturated carbocycles. The number of amides is 2. The van der Waals surface area contributed by atoms with Crippen LogP contribution in [-0.4, -0.2) is 31.5 Å². The van der Waals surface area contributed by atoms with Gasteiger partial charge in [-0.25, -0.2) is 0 Å². The molecule has 0 saturated heterocycles. The minimum Gasteiger partial charge on any atom is -0.497 e. The van der Waals surface area contributed by atoms with Crippen LogP contribution >= 0.6 is 0 Å². The van der Waals surface area contributed by atoms with Crippen molar-refractivity contribution in [2.45, 2.75) is 25.3 Å². The van der Waals surface area contributed by atoms with E-state index in [0.29, 0.717) is 19.0 Å². The summed E-state index contributed by atoms with van der Waals surface area (Å²) in [5.74, 6) is 0.570. The summed E-state index contributed by atoms with van der Waals surface area (Å²) < 4.78 is 5.06. The monoisotopic (exact) mass is 288 g/mol. The molecule has 1 aliphatic rings. The Balaban J connectivity index is 1.67. The Bertz CT molecular complexity index is 519. The van der Waals surface area contributed by atoms with Gasteiger partial charge in [-0.15, -0.1) is 0 Å². The number of carbonyl (C=O) groups is 2. The van der Waals surface area contributed by atoms with E-state index < -0.39 is 0 Å². The van der Waals surface area contributed by atoms with Crippen molar-refractivity contribution < 1.29 is 14.3 Å². The highest BCUT2D eigenvalue weighted by atomic mass is 16.5. The molecule has 0 aromatic heterocycles. The topological polar surface area (TPSA) is 67.4 Å².